The van der Waals surface area contributed by atoms with Crippen molar-refractivity contribution in [1.29, 1.82) is 0 Å². The first-order valence-electron chi connectivity index (χ1n) is 13.8. The van der Waals surface area contributed by atoms with Crippen LogP contribution in [0, 0.1) is 5.41 Å². The quantitative estimate of drug-likeness (QED) is 0.313. The number of piperidine rings is 1. The molecule has 3 aromatic carbocycles. The van der Waals surface area contributed by atoms with Crippen LogP contribution in [-0.2, 0) is 17.8 Å². The van der Waals surface area contributed by atoms with Gasteiger partial charge in [0.25, 0.3) is 0 Å². The molecule has 9 nitrogen and oxygen atoms in total. The number of carbonyl (C=O) groups is 1. The number of nitrogen functional groups attached to an aromatic ring is 1. The number of nitrogens with zero attached hydrogens (tertiary/aromatic N) is 4. The summed E-state index contributed by atoms with van der Waals surface area (Å²) in [6, 6.07) is 22.1. The molecule has 0 radical (unpaired) electrons. The lowest BCUT2D eigenvalue weighted by molar-refractivity contribution is -0.132. The molecule has 1 aromatic heterocycles. The van der Waals surface area contributed by atoms with Gasteiger partial charge in [0.15, 0.2) is 11.5 Å². The van der Waals surface area contributed by atoms with E-state index in [0.717, 1.165) is 16.8 Å². The highest BCUT2D eigenvalue weighted by molar-refractivity contribution is 5.92. The predicted octanol–water partition coefficient (Wildman–Crippen LogP) is 4.44. The van der Waals surface area contributed by atoms with Gasteiger partial charge in [0.2, 0.25) is 11.9 Å². The van der Waals surface area contributed by atoms with Crippen LogP contribution >= 0.6 is 0 Å². The van der Waals surface area contributed by atoms with Gasteiger partial charge in [-0.15, -0.1) is 0 Å². The van der Waals surface area contributed by atoms with Crippen LogP contribution in [0.1, 0.15) is 24.0 Å². The third-order valence-electron chi connectivity index (χ3n) is 7.99. The van der Waals surface area contributed by atoms with Crippen LogP contribution in [0.3, 0.4) is 0 Å². The van der Waals surface area contributed by atoms with Crippen LogP contribution in [-0.4, -0.2) is 57.3 Å². The molecular weight excluding hydrogens is 516 g/mol. The molecule has 0 spiro atoms. The number of ether oxygens (including phenoxy) is 2. The summed E-state index contributed by atoms with van der Waals surface area (Å²) in [5, 5.41) is 3.95. The fraction of sp³-hybridized carbons (Fsp3) is 0.344. The average Bonchev–Trinajstić information content (AvgIpc) is 3.00. The Hall–Kier alpha value is -4.53. The maximum Gasteiger partial charge on any atom is 0.227 e. The van der Waals surface area contributed by atoms with Crippen molar-refractivity contribution in [1.82, 2.24) is 15.3 Å². The van der Waals surface area contributed by atoms with E-state index in [1.165, 1.54) is 0 Å². The number of aromatic nitrogens is 2. The first-order chi connectivity index (χ1) is 19.8. The lowest BCUT2D eigenvalue weighted by atomic mass is 9.73. The zero-order chi connectivity index (χ0) is 29.0. The van der Waals surface area contributed by atoms with Gasteiger partial charge in [-0.2, -0.15) is 4.98 Å². The topological polar surface area (TPSA) is 106 Å². The van der Waals surface area contributed by atoms with E-state index in [1.807, 2.05) is 38.4 Å². The second kappa shape index (κ2) is 11.9. The number of fused-ring (bicyclic) bond motifs is 1. The Kier molecular flexibility index (Phi) is 8.14. The Balaban J connectivity index is 1.35. The molecule has 9 heteroatoms. The summed E-state index contributed by atoms with van der Waals surface area (Å²) in [6.45, 7) is 1.76. The van der Waals surface area contributed by atoms with Gasteiger partial charge in [-0.05, 0) is 48.6 Å². The number of amides is 1. The Morgan fingerprint density at radius 3 is 2.24 bits per heavy atom. The van der Waals surface area contributed by atoms with E-state index in [2.05, 4.69) is 56.5 Å². The van der Waals surface area contributed by atoms with Crippen molar-refractivity contribution in [3.63, 3.8) is 0 Å². The van der Waals surface area contributed by atoms with E-state index in [0.29, 0.717) is 73.1 Å². The number of nitrogens with two attached hydrogens (primary N) is 1. The monoisotopic (exact) mass is 554 g/mol. The molecule has 1 fully saturated rings. The summed E-state index contributed by atoms with van der Waals surface area (Å²) in [6.07, 6.45) is 2.01. The normalized spacial score (nSPS) is 14.5. The maximum atomic E-state index is 13.9. The van der Waals surface area contributed by atoms with E-state index >= 15 is 0 Å². The molecule has 0 saturated carbocycles. The largest absolute Gasteiger partial charge is 0.493 e. The number of hydrogen-bond acceptors (Lipinski definition) is 8. The van der Waals surface area contributed by atoms with Crippen LogP contribution in [0.25, 0.3) is 10.9 Å². The number of benzene rings is 3. The summed E-state index contributed by atoms with van der Waals surface area (Å²) in [5.41, 5.74) is 9.86. The minimum Gasteiger partial charge on any atom is -0.493 e. The van der Waals surface area contributed by atoms with Crippen LogP contribution < -0.4 is 30.3 Å². The van der Waals surface area contributed by atoms with Crippen molar-refractivity contribution in [2.75, 3.05) is 56.9 Å². The number of anilines is 3. The molecule has 41 heavy (non-hydrogen) atoms. The van der Waals surface area contributed by atoms with Gasteiger partial charge in [0.05, 0.1) is 25.2 Å². The third-order valence-corrected chi connectivity index (χ3v) is 7.99. The number of hydrogen-bond donors (Lipinski definition) is 2. The highest BCUT2D eigenvalue weighted by atomic mass is 16.5. The molecule has 0 aliphatic carbocycles. The number of carbonyl (C=O) groups excluding carboxylic acids is 1. The minimum absolute atomic E-state index is 0.0773. The molecular formula is C32H38N6O3. The van der Waals surface area contributed by atoms with Crippen molar-refractivity contribution >= 4 is 34.3 Å². The molecule has 1 amide bonds. The Morgan fingerprint density at radius 2 is 1.61 bits per heavy atom. The standard InChI is InChI=1S/C32H38N6O3/c1-37(2)24-12-10-23(11-13-24)21-34-30(39)32(20-22-8-6-5-7-9-22)14-16-38(17-15-32)31-35-26-19-28(41-4)27(40-3)18-25(26)29(33)36-31/h5-13,18-19H,14-17,20-21H2,1-4H3,(H,34,39)(H2,33,35,36). The van der Waals surface area contributed by atoms with E-state index in [4.69, 9.17) is 20.2 Å². The molecule has 5 rings (SSSR count). The fourth-order valence-electron chi connectivity index (χ4n) is 5.50. The molecule has 1 aliphatic heterocycles. The van der Waals surface area contributed by atoms with Gasteiger partial charge < -0.3 is 30.3 Å². The Bertz CT molecular complexity index is 1500. The highest BCUT2D eigenvalue weighted by Gasteiger charge is 2.42. The fourth-order valence-corrected chi connectivity index (χ4v) is 5.50. The van der Waals surface area contributed by atoms with E-state index in [-0.39, 0.29) is 5.91 Å². The van der Waals surface area contributed by atoms with Gasteiger partial charge in [-0.3, -0.25) is 4.79 Å². The zero-order valence-corrected chi connectivity index (χ0v) is 24.2. The summed E-state index contributed by atoms with van der Waals surface area (Å²) in [4.78, 5) is 27.5. The number of rotatable bonds is 9. The second-order valence-electron chi connectivity index (χ2n) is 10.8. The summed E-state index contributed by atoms with van der Waals surface area (Å²) >= 11 is 0. The summed E-state index contributed by atoms with van der Waals surface area (Å²) < 4.78 is 10.9. The Labute approximate surface area is 241 Å². The van der Waals surface area contributed by atoms with Gasteiger partial charge in [0.1, 0.15) is 5.82 Å². The summed E-state index contributed by atoms with van der Waals surface area (Å²) in [5.74, 6) is 2.17. The first-order valence-corrected chi connectivity index (χ1v) is 13.8. The van der Waals surface area contributed by atoms with Crippen molar-refractivity contribution in [2.45, 2.75) is 25.8 Å². The van der Waals surface area contributed by atoms with E-state index in [9.17, 15) is 4.79 Å². The number of nitrogens with one attached hydrogen (secondary N) is 1. The van der Waals surface area contributed by atoms with Gasteiger partial charge >= 0.3 is 0 Å². The molecule has 3 N–H and O–H groups in total. The van der Waals surface area contributed by atoms with Crippen molar-refractivity contribution in [2.24, 2.45) is 5.41 Å². The van der Waals surface area contributed by atoms with Crippen molar-refractivity contribution < 1.29 is 14.3 Å². The van der Waals surface area contributed by atoms with E-state index in [1.54, 1.807) is 20.3 Å². The lowest BCUT2D eigenvalue weighted by Gasteiger charge is -2.41. The molecule has 2 heterocycles. The molecule has 0 atom stereocenters. The van der Waals surface area contributed by atoms with Gasteiger partial charge in [-0.1, -0.05) is 42.5 Å². The van der Waals surface area contributed by atoms with Crippen LogP contribution in [0.5, 0.6) is 11.5 Å². The van der Waals surface area contributed by atoms with Crippen LogP contribution in [0.15, 0.2) is 66.7 Å². The lowest BCUT2D eigenvalue weighted by Crippen LogP contribution is -2.50. The molecule has 4 aromatic rings. The maximum absolute atomic E-state index is 13.9. The molecule has 0 unspecified atom stereocenters. The zero-order valence-electron chi connectivity index (χ0n) is 24.2. The van der Waals surface area contributed by atoms with Crippen molar-refractivity contribution in [3.8, 4) is 11.5 Å². The first kappa shape index (κ1) is 28.0. The predicted molar refractivity (Wildman–Crippen MR) is 164 cm³/mol. The molecule has 1 saturated heterocycles. The van der Waals surface area contributed by atoms with Crippen LogP contribution in [0.4, 0.5) is 17.5 Å². The molecule has 214 valence electrons. The molecule has 1 aliphatic rings. The van der Waals surface area contributed by atoms with E-state index < -0.39 is 5.41 Å². The Morgan fingerprint density at radius 1 is 0.951 bits per heavy atom. The minimum atomic E-state index is -0.541. The summed E-state index contributed by atoms with van der Waals surface area (Å²) in [7, 11) is 7.21. The molecule has 0 bridgehead atoms. The third kappa shape index (κ3) is 5.99. The van der Waals surface area contributed by atoms with Gasteiger partial charge in [-0.25, -0.2) is 4.98 Å². The number of methoxy groups -OCH3 is 2. The second-order valence-corrected chi connectivity index (χ2v) is 10.8. The van der Waals surface area contributed by atoms with Crippen molar-refractivity contribution in [3.05, 3.63) is 77.9 Å². The average molecular weight is 555 g/mol. The highest BCUT2D eigenvalue weighted by Crippen LogP contribution is 2.38. The SMILES string of the molecule is COc1cc2nc(N3CCC(Cc4ccccc4)(C(=O)NCc4ccc(N(C)C)cc4)CC3)nc(N)c2cc1OC. The van der Waals surface area contributed by atoms with Crippen LogP contribution in [0.2, 0.25) is 0 Å². The smallest absolute Gasteiger partial charge is 0.227 e. The van der Waals surface area contributed by atoms with Gasteiger partial charge in [0, 0.05) is 50.9 Å².